The van der Waals surface area contributed by atoms with Crippen LogP contribution in [0.15, 0.2) is 6.33 Å². The second-order valence-electron chi connectivity index (χ2n) is 5.21. The second kappa shape index (κ2) is 7.57. The van der Waals surface area contributed by atoms with Crippen LogP contribution < -0.4 is 5.32 Å². The fourth-order valence-corrected chi connectivity index (χ4v) is 2.36. The Balaban J connectivity index is 1.51. The van der Waals surface area contributed by atoms with Gasteiger partial charge in [0, 0.05) is 26.6 Å². The molecule has 1 atom stereocenters. The van der Waals surface area contributed by atoms with Crippen LogP contribution in [0.25, 0.3) is 0 Å². The highest BCUT2D eigenvalue weighted by Gasteiger charge is 2.16. The molecule has 0 saturated heterocycles. The van der Waals surface area contributed by atoms with Gasteiger partial charge in [-0.05, 0) is 12.8 Å². The molecular formula is C13H24N4O2. The molecule has 0 aromatic carbocycles. The predicted molar refractivity (Wildman–Crippen MR) is 71.8 cm³/mol. The second-order valence-corrected chi connectivity index (χ2v) is 5.21. The van der Waals surface area contributed by atoms with E-state index in [-0.39, 0.29) is 0 Å². The van der Waals surface area contributed by atoms with Crippen molar-refractivity contribution in [3.63, 3.8) is 0 Å². The zero-order chi connectivity index (χ0) is 13.5. The van der Waals surface area contributed by atoms with E-state index in [0.29, 0.717) is 19.3 Å². The van der Waals surface area contributed by atoms with Crippen LogP contribution in [-0.4, -0.2) is 51.8 Å². The Hall–Kier alpha value is -0.980. The highest BCUT2D eigenvalue weighted by Crippen LogP contribution is 2.20. The molecule has 1 aromatic heterocycles. The van der Waals surface area contributed by atoms with Gasteiger partial charge in [0.15, 0.2) is 0 Å². The van der Waals surface area contributed by atoms with Crippen molar-refractivity contribution < 1.29 is 9.84 Å². The number of hydrogen-bond acceptors (Lipinski definition) is 5. The van der Waals surface area contributed by atoms with Gasteiger partial charge < -0.3 is 19.7 Å². The molecule has 0 radical (unpaired) electrons. The smallest absolute Gasteiger partial charge is 0.133 e. The van der Waals surface area contributed by atoms with Gasteiger partial charge in [-0.2, -0.15) is 0 Å². The largest absolute Gasteiger partial charge is 0.389 e. The standard InChI is InChI=1S/C13H24N4O2/c1-17-10-15-16-13(17)6-7-14-8-11(18)9-19-12-4-2-3-5-12/h10-12,14,18H,2-9H2,1H3. The van der Waals surface area contributed by atoms with Crippen LogP contribution in [0.2, 0.25) is 0 Å². The summed E-state index contributed by atoms with van der Waals surface area (Å²) in [6, 6.07) is 0. The molecule has 2 rings (SSSR count). The topological polar surface area (TPSA) is 72.2 Å². The van der Waals surface area contributed by atoms with Crippen molar-refractivity contribution in [3.05, 3.63) is 12.2 Å². The number of rotatable bonds is 8. The molecular weight excluding hydrogens is 244 g/mol. The van der Waals surface area contributed by atoms with E-state index in [9.17, 15) is 5.11 Å². The van der Waals surface area contributed by atoms with E-state index < -0.39 is 6.10 Å². The van der Waals surface area contributed by atoms with Gasteiger partial charge in [-0.1, -0.05) is 12.8 Å². The number of aromatic nitrogens is 3. The van der Waals surface area contributed by atoms with Crippen LogP contribution in [0.5, 0.6) is 0 Å². The zero-order valence-electron chi connectivity index (χ0n) is 11.6. The number of aliphatic hydroxyl groups is 1. The summed E-state index contributed by atoms with van der Waals surface area (Å²) < 4.78 is 7.57. The lowest BCUT2D eigenvalue weighted by atomic mass is 10.3. The Morgan fingerprint density at radius 3 is 3.00 bits per heavy atom. The maximum atomic E-state index is 9.80. The number of aliphatic hydroxyl groups excluding tert-OH is 1. The molecule has 1 aliphatic carbocycles. The van der Waals surface area contributed by atoms with E-state index in [1.807, 2.05) is 11.6 Å². The Kier molecular flexibility index (Phi) is 5.75. The SMILES string of the molecule is Cn1cnnc1CCNCC(O)COC1CCCC1. The normalized spacial score (nSPS) is 18.0. The summed E-state index contributed by atoms with van der Waals surface area (Å²) in [6.45, 7) is 1.78. The van der Waals surface area contributed by atoms with E-state index in [1.165, 1.54) is 12.8 Å². The van der Waals surface area contributed by atoms with Crippen LogP contribution in [0.1, 0.15) is 31.5 Å². The molecule has 0 amide bonds. The van der Waals surface area contributed by atoms with Crippen LogP contribution >= 0.6 is 0 Å². The van der Waals surface area contributed by atoms with Crippen molar-refractivity contribution in [2.24, 2.45) is 7.05 Å². The first-order valence-corrected chi connectivity index (χ1v) is 7.09. The molecule has 1 heterocycles. The Bertz CT molecular complexity index is 363. The summed E-state index contributed by atoms with van der Waals surface area (Å²) in [4.78, 5) is 0. The maximum absolute atomic E-state index is 9.80. The van der Waals surface area contributed by atoms with Gasteiger partial charge in [-0.25, -0.2) is 0 Å². The van der Waals surface area contributed by atoms with Gasteiger partial charge in [0.1, 0.15) is 12.2 Å². The average Bonchev–Trinajstić information content (AvgIpc) is 3.04. The summed E-state index contributed by atoms with van der Waals surface area (Å²) in [6.07, 6.45) is 7.26. The third-order valence-electron chi connectivity index (χ3n) is 3.54. The minimum absolute atomic E-state index is 0.369. The van der Waals surface area contributed by atoms with Gasteiger partial charge in [0.05, 0.1) is 18.8 Å². The first-order valence-electron chi connectivity index (χ1n) is 7.09. The Morgan fingerprint density at radius 2 is 2.32 bits per heavy atom. The molecule has 2 N–H and O–H groups in total. The first kappa shape index (κ1) is 14.4. The molecule has 1 unspecified atom stereocenters. The summed E-state index contributed by atoms with van der Waals surface area (Å²) in [5.41, 5.74) is 0. The minimum atomic E-state index is -0.430. The van der Waals surface area contributed by atoms with E-state index in [4.69, 9.17) is 4.74 Å². The van der Waals surface area contributed by atoms with Crippen molar-refractivity contribution in [3.8, 4) is 0 Å². The van der Waals surface area contributed by atoms with E-state index in [1.54, 1.807) is 6.33 Å². The molecule has 0 bridgehead atoms. The summed E-state index contributed by atoms with van der Waals surface area (Å²) in [7, 11) is 1.93. The van der Waals surface area contributed by atoms with Crippen molar-refractivity contribution in [1.29, 1.82) is 0 Å². The minimum Gasteiger partial charge on any atom is -0.389 e. The van der Waals surface area contributed by atoms with E-state index in [2.05, 4.69) is 15.5 Å². The molecule has 108 valence electrons. The van der Waals surface area contributed by atoms with Crippen LogP contribution in [-0.2, 0) is 18.2 Å². The summed E-state index contributed by atoms with van der Waals surface area (Å²) >= 11 is 0. The zero-order valence-corrected chi connectivity index (χ0v) is 11.6. The number of nitrogens with zero attached hydrogens (tertiary/aromatic N) is 3. The highest BCUT2D eigenvalue weighted by molar-refractivity contribution is 4.84. The summed E-state index contributed by atoms with van der Waals surface area (Å²) in [5.74, 6) is 0.948. The van der Waals surface area contributed by atoms with Gasteiger partial charge in [0.25, 0.3) is 0 Å². The van der Waals surface area contributed by atoms with Crippen LogP contribution in [0.3, 0.4) is 0 Å². The van der Waals surface area contributed by atoms with Crippen LogP contribution in [0, 0.1) is 0 Å². The van der Waals surface area contributed by atoms with Crippen molar-refractivity contribution >= 4 is 0 Å². The van der Waals surface area contributed by atoms with Crippen molar-refractivity contribution in [2.75, 3.05) is 19.7 Å². The number of ether oxygens (including phenoxy) is 1. The highest BCUT2D eigenvalue weighted by atomic mass is 16.5. The lowest BCUT2D eigenvalue weighted by molar-refractivity contribution is -0.00531. The van der Waals surface area contributed by atoms with Gasteiger partial charge in [0.2, 0.25) is 0 Å². The van der Waals surface area contributed by atoms with Crippen molar-refractivity contribution in [2.45, 2.75) is 44.3 Å². The number of nitrogens with one attached hydrogen (secondary N) is 1. The molecule has 0 spiro atoms. The molecule has 1 saturated carbocycles. The van der Waals surface area contributed by atoms with Gasteiger partial charge in [-0.15, -0.1) is 10.2 Å². The predicted octanol–water partition coefficient (Wildman–Crippen LogP) is 0.267. The molecule has 6 heteroatoms. The van der Waals surface area contributed by atoms with Crippen molar-refractivity contribution in [1.82, 2.24) is 20.1 Å². The first-order chi connectivity index (χ1) is 9.25. The number of hydrogen-bond donors (Lipinski definition) is 2. The Labute approximate surface area is 114 Å². The Morgan fingerprint density at radius 1 is 1.53 bits per heavy atom. The summed E-state index contributed by atoms with van der Waals surface area (Å²) in [5, 5.41) is 20.8. The lowest BCUT2D eigenvalue weighted by Gasteiger charge is -2.15. The lowest BCUT2D eigenvalue weighted by Crippen LogP contribution is -2.33. The molecule has 6 nitrogen and oxygen atoms in total. The van der Waals surface area contributed by atoms with Gasteiger partial charge in [-0.3, -0.25) is 0 Å². The van der Waals surface area contributed by atoms with E-state index in [0.717, 1.165) is 31.6 Å². The monoisotopic (exact) mass is 268 g/mol. The van der Waals surface area contributed by atoms with E-state index >= 15 is 0 Å². The third kappa shape index (κ3) is 4.89. The molecule has 1 aliphatic rings. The fraction of sp³-hybridized carbons (Fsp3) is 0.846. The van der Waals surface area contributed by atoms with Crippen LogP contribution in [0.4, 0.5) is 0 Å². The number of aryl methyl sites for hydroxylation is 1. The average molecular weight is 268 g/mol. The molecule has 1 fully saturated rings. The quantitative estimate of drug-likeness (QED) is 0.662. The maximum Gasteiger partial charge on any atom is 0.133 e. The molecule has 19 heavy (non-hydrogen) atoms. The molecule has 0 aliphatic heterocycles. The fourth-order valence-electron chi connectivity index (χ4n) is 2.36. The molecule has 1 aromatic rings. The third-order valence-corrected chi connectivity index (χ3v) is 3.54. The van der Waals surface area contributed by atoms with Gasteiger partial charge >= 0.3 is 0 Å².